The van der Waals surface area contributed by atoms with E-state index in [1.807, 2.05) is 0 Å². The highest BCUT2D eigenvalue weighted by atomic mass is 16.3. The summed E-state index contributed by atoms with van der Waals surface area (Å²) in [5.74, 6) is 1.24. The smallest absolute Gasteiger partial charge is 0.0460 e. The molecule has 0 aliphatic carbocycles. The van der Waals surface area contributed by atoms with E-state index in [-0.39, 0.29) is 5.54 Å². The number of nitrogens with zero attached hydrogens (tertiary/aromatic N) is 1. The van der Waals surface area contributed by atoms with Crippen LogP contribution < -0.4 is 5.32 Å². The molecule has 3 heteroatoms. The standard InChI is InChI=1S/C14H30N2O/c1-12(9-15-14(2,3)4)10-16-7-5-13(11-17)6-8-16/h12-13,15,17H,5-11H2,1-4H3. The van der Waals surface area contributed by atoms with Crippen molar-refractivity contribution in [1.29, 1.82) is 0 Å². The van der Waals surface area contributed by atoms with Gasteiger partial charge in [-0.25, -0.2) is 0 Å². The summed E-state index contributed by atoms with van der Waals surface area (Å²) in [5, 5.41) is 12.7. The molecule has 0 saturated carbocycles. The van der Waals surface area contributed by atoms with Gasteiger partial charge in [-0.3, -0.25) is 0 Å². The molecule has 1 unspecified atom stereocenters. The van der Waals surface area contributed by atoms with Crippen LogP contribution in [0.4, 0.5) is 0 Å². The molecule has 1 rings (SSSR count). The van der Waals surface area contributed by atoms with E-state index in [1.165, 1.54) is 6.54 Å². The molecule has 1 heterocycles. The van der Waals surface area contributed by atoms with Crippen LogP contribution in [0.1, 0.15) is 40.5 Å². The van der Waals surface area contributed by atoms with Crippen LogP contribution in [-0.2, 0) is 0 Å². The fourth-order valence-electron chi connectivity index (χ4n) is 2.34. The number of hydrogen-bond donors (Lipinski definition) is 2. The quantitative estimate of drug-likeness (QED) is 0.770. The van der Waals surface area contributed by atoms with Crippen LogP contribution in [0, 0.1) is 11.8 Å². The molecule has 0 aromatic carbocycles. The van der Waals surface area contributed by atoms with Crippen molar-refractivity contribution in [3.05, 3.63) is 0 Å². The van der Waals surface area contributed by atoms with Crippen LogP contribution in [0.3, 0.4) is 0 Å². The number of hydrogen-bond acceptors (Lipinski definition) is 3. The Balaban J connectivity index is 2.17. The first-order valence-corrected chi connectivity index (χ1v) is 6.99. The van der Waals surface area contributed by atoms with Crippen molar-refractivity contribution < 1.29 is 5.11 Å². The third-order valence-electron chi connectivity index (χ3n) is 3.52. The molecule has 0 amide bonds. The number of piperidine rings is 1. The highest BCUT2D eigenvalue weighted by molar-refractivity contribution is 4.76. The molecule has 2 N–H and O–H groups in total. The Bertz CT molecular complexity index is 205. The molecule has 1 fully saturated rings. The van der Waals surface area contributed by atoms with Crippen LogP contribution in [-0.4, -0.2) is 48.3 Å². The van der Waals surface area contributed by atoms with Crippen LogP contribution in [0.15, 0.2) is 0 Å². The van der Waals surface area contributed by atoms with E-state index in [0.717, 1.165) is 32.5 Å². The molecule has 17 heavy (non-hydrogen) atoms. The van der Waals surface area contributed by atoms with E-state index in [2.05, 4.69) is 37.9 Å². The van der Waals surface area contributed by atoms with Gasteiger partial charge in [0.2, 0.25) is 0 Å². The fourth-order valence-corrected chi connectivity index (χ4v) is 2.34. The van der Waals surface area contributed by atoms with Gasteiger partial charge in [0.15, 0.2) is 0 Å². The van der Waals surface area contributed by atoms with Crippen LogP contribution in [0.5, 0.6) is 0 Å². The zero-order valence-corrected chi connectivity index (χ0v) is 12.0. The molecule has 0 bridgehead atoms. The van der Waals surface area contributed by atoms with Gasteiger partial charge in [0.1, 0.15) is 0 Å². The molecule has 0 spiro atoms. The van der Waals surface area contributed by atoms with Crippen LogP contribution >= 0.6 is 0 Å². The Morgan fingerprint density at radius 2 is 1.88 bits per heavy atom. The molecule has 0 aromatic heterocycles. The van der Waals surface area contributed by atoms with Gasteiger partial charge in [0.05, 0.1) is 0 Å². The third kappa shape index (κ3) is 6.39. The average Bonchev–Trinajstić information content (AvgIpc) is 2.27. The minimum atomic E-state index is 0.220. The normalized spacial score (nSPS) is 21.7. The third-order valence-corrected chi connectivity index (χ3v) is 3.52. The van der Waals surface area contributed by atoms with Gasteiger partial charge in [-0.1, -0.05) is 6.92 Å². The Morgan fingerprint density at radius 1 is 1.29 bits per heavy atom. The van der Waals surface area contributed by atoms with Crippen molar-refractivity contribution in [2.24, 2.45) is 11.8 Å². The van der Waals surface area contributed by atoms with Crippen molar-refractivity contribution in [3.8, 4) is 0 Å². The highest BCUT2D eigenvalue weighted by Crippen LogP contribution is 2.17. The van der Waals surface area contributed by atoms with Crippen molar-refractivity contribution in [1.82, 2.24) is 10.2 Å². The van der Waals surface area contributed by atoms with Crippen LogP contribution in [0.25, 0.3) is 0 Å². The Labute approximate surface area is 107 Å². The maximum atomic E-state index is 9.10. The molecule has 1 aliphatic heterocycles. The minimum absolute atomic E-state index is 0.220. The summed E-state index contributed by atoms with van der Waals surface area (Å²) < 4.78 is 0. The van der Waals surface area contributed by atoms with Gasteiger partial charge in [0, 0.05) is 18.7 Å². The van der Waals surface area contributed by atoms with Gasteiger partial charge in [-0.2, -0.15) is 0 Å². The summed E-state index contributed by atoms with van der Waals surface area (Å²) >= 11 is 0. The van der Waals surface area contributed by atoms with E-state index in [4.69, 9.17) is 5.11 Å². The first kappa shape index (κ1) is 14.9. The average molecular weight is 242 g/mol. The number of nitrogens with one attached hydrogen (secondary N) is 1. The molecule has 1 saturated heterocycles. The lowest BCUT2D eigenvalue weighted by molar-refractivity contribution is 0.120. The van der Waals surface area contributed by atoms with Gasteiger partial charge in [-0.15, -0.1) is 0 Å². The van der Waals surface area contributed by atoms with E-state index >= 15 is 0 Å². The Kier molecular flexibility index (Phi) is 5.90. The maximum Gasteiger partial charge on any atom is 0.0460 e. The topological polar surface area (TPSA) is 35.5 Å². The zero-order chi connectivity index (χ0) is 12.9. The van der Waals surface area contributed by atoms with E-state index in [0.29, 0.717) is 18.4 Å². The Morgan fingerprint density at radius 3 is 2.35 bits per heavy atom. The lowest BCUT2D eigenvalue weighted by atomic mass is 9.97. The molecular weight excluding hydrogens is 212 g/mol. The number of rotatable bonds is 5. The lowest BCUT2D eigenvalue weighted by Crippen LogP contribution is -2.43. The lowest BCUT2D eigenvalue weighted by Gasteiger charge is -2.33. The van der Waals surface area contributed by atoms with Gasteiger partial charge >= 0.3 is 0 Å². The minimum Gasteiger partial charge on any atom is -0.396 e. The second-order valence-corrected chi connectivity index (χ2v) is 6.66. The molecule has 0 radical (unpaired) electrons. The molecular formula is C14H30N2O. The second-order valence-electron chi connectivity index (χ2n) is 6.66. The molecule has 1 aliphatic rings. The van der Waals surface area contributed by atoms with Gasteiger partial charge < -0.3 is 15.3 Å². The summed E-state index contributed by atoms with van der Waals surface area (Å²) in [6.07, 6.45) is 2.33. The zero-order valence-electron chi connectivity index (χ0n) is 12.0. The monoisotopic (exact) mass is 242 g/mol. The van der Waals surface area contributed by atoms with Crippen molar-refractivity contribution >= 4 is 0 Å². The van der Waals surface area contributed by atoms with Gasteiger partial charge in [0.25, 0.3) is 0 Å². The number of likely N-dealkylation sites (tertiary alicyclic amines) is 1. The van der Waals surface area contributed by atoms with E-state index in [9.17, 15) is 0 Å². The van der Waals surface area contributed by atoms with E-state index in [1.54, 1.807) is 0 Å². The summed E-state index contributed by atoms with van der Waals surface area (Å²) in [6.45, 7) is 13.9. The van der Waals surface area contributed by atoms with Crippen molar-refractivity contribution in [2.45, 2.75) is 46.1 Å². The molecule has 3 nitrogen and oxygen atoms in total. The number of aliphatic hydroxyl groups is 1. The molecule has 102 valence electrons. The Hall–Kier alpha value is -0.120. The van der Waals surface area contributed by atoms with Crippen molar-refractivity contribution in [2.75, 3.05) is 32.8 Å². The first-order valence-electron chi connectivity index (χ1n) is 6.99. The molecule has 1 atom stereocenters. The SMILES string of the molecule is CC(CNC(C)(C)C)CN1CCC(CO)CC1. The maximum absolute atomic E-state index is 9.10. The van der Waals surface area contributed by atoms with Crippen LogP contribution in [0.2, 0.25) is 0 Å². The summed E-state index contributed by atoms with van der Waals surface area (Å²) in [4.78, 5) is 2.54. The second kappa shape index (κ2) is 6.72. The highest BCUT2D eigenvalue weighted by Gasteiger charge is 2.20. The van der Waals surface area contributed by atoms with E-state index < -0.39 is 0 Å². The number of aliphatic hydroxyl groups excluding tert-OH is 1. The van der Waals surface area contributed by atoms with Crippen molar-refractivity contribution in [3.63, 3.8) is 0 Å². The summed E-state index contributed by atoms with van der Waals surface area (Å²) in [5.41, 5.74) is 0.220. The first-order chi connectivity index (χ1) is 7.90. The molecule has 0 aromatic rings. The summed E-state index contributed by atoms with van der Waals surface area (Å²) in [6, 6.07) is 0. The summed E-state index contributed by atoms with van der Waals surface area (Å²) in [7, 11) is 0. The predicted octanol–water partition coefficient (Wildman–Crippen LogP) is 1.71. The predicted molar refractivity (Wildman–Crippen MR) is 73.2 cm³/mol. The van der Waals surface area contributed by atoms with Gasteiger partial charge in [-0.05, 0) is 65.1 Å². The largest absolute Gasteiger partial charge is 0.396 e. The fraction of sp³-hybridized carbons (Fsp3) is 1.00.